The van der Waals surface area contributed by atoms with Crippen LogP contribution in [0.1, 0.15) is 17.5 Å². The predicted octanol–water partition coefficient (Wildman–Crippen LogP) is 4.45. The number of nitrogens with zero attached hydrogens (tertiary/aromatic N) is 5. The van der Waals surface area contributed by atoms with E-state index in [2.05, 4.69) is 22.7 Å². The second kappa shape index (κ2) is 7.42. The highest BCUT2D eigenvalue weighted by Gasteiger charge is 2.49. The molecule has 0 N–H and O–H groups in total. The van der Waals surface area contributed by atoms with Gasteiger partial charge in [-0.15, -0.1) is 0 Å². The lowest BCUT2D eigenvalue weighted by Crippen LogP contribution is -2.59. The minimum Gasteiger partial charge on any atom is -0.356 e. The number of carbonyl (C=O) groups is 1. The summed E-state index contributed by atoms with van der Waals surface area (Å²) in [5, 5.41) is 16.2. The summed E-state index contributed by atoms with van der Waals surface area (Å²) < 4.78 is 5.44. The minimum absolute atomic E-state index is 0.0230. The highest BCUT2D eigenvalue weighted by atomic mass is 16.5. The number of pyridine rings is 1. The zero-order valence-electron chi connectivity index (χ0n) is 18.9. The molecule has 2 aromatic carbocycles. The zero-order chi connectivity index (χ0) is 23.4. The van der Waals surface area contributed by atoms with Crippen molar-refractivity contribution in [2.45, 2.75) is 13.3 Å². The fraction of sp³-hybridized carbons (Fsp3) is 0.259. The molecule has 4 heterocycles. The molecule has 2 aromatic heterocycles. The topological polar surface area (TPSA) is 86.3 Å². The van der Waals surface area contributed by atoms with E-state index in [1.54, 1.807) is 6.20 Å². The number of benzene rings is 2. The van der Waals surface area contributed by atoms with Gasteiger partial charge < -0.3 is 14.3 Å². The molecule has 0 atom stereocenters. The standard InChI is InChI=1S/C27H23N5O2/c1-3-23(33)32-15-27(16-32)10-11-31(14-27)26-19(12-28)25(18-6-4-5-7-21(18)30-26)24-17(2)8-9-22-20(24)13-29-34-22/h3-9,13H,1,10-11,14-16H2,2H3. The van der Waals surface area contributed by atoms with Crippen LogP contribution in [0.15, 0.2) is 59.8 Å². The largest absolute Gasteiger partial charge is 0.356 e. The second-order valence-electron chi connectivity index (χ2n) is 9.38. The molecule has 2 saturated heterocycles. The molecule has 7 heteroatoms. The van der Waals surface area contributed by atoms with Crippen LogP contribution in [0, 0.1) is 23.7 Å². The number of rotatable bonds is 3. The van der Waals surface area contributed by atoms with Gasteiger partial charge in [-0.3, -0.25) is 4.79 Å². The van der Waals surface area contributed by atoms with Crippen LogP contribution in [-0.2, 0) is 4.79 Å². The summed E-state index contributed by atoms with van der Waals surface area (Å²) in [6, 6.07) is 14.4. The maximum absolute atomic E-state index is 12.0. The maximum atomic E-state index is 12.0. The van der Waals surface area contributed by atoms with Crippen LogP contribution >= 0.6 is 0 Å². The Morgan fingerprint density at radius 1 is 1.18 bits per heavy atom. The molecule has 7 nitrogen and oxygen atoms in total. The molecule has 1 spiro atoms. The Balaban J connectivity index is 1.51. The molecule has 2 aliphatic rings. The molecular formula is C27H23N5O2. The number of amides is 1. The number of likely N-dealkylation sites (tertiary alicyclic amines) is 1. The summed E-state index contributed by atoms with van der Waals surface area (Å²) in [6.45, 7) is 8.64. The number of carbonyl (C=O) groups excluding carboxylic acids is 1. The summed E-state index contributed by atoms with van der Waals surface area (Å²) >= 11 is 0. The van der Waals surface area contributed by atoms with Gasteiger partial charge in [0.25, 0.3) is 0 Å². The Kier molecular flexibility index (Phi) is 4.46. The van der Waals surface area contributed by atoms with Gasteiger partial charge in [-0.25, -0.2) is 4.98 Å². The van der Waals surface area contributed by atoms with E-state index in [1.165, 1.54) is 6.08 Å². The molecule has 0 aliphatic carbocycles. The monoisotopic (exact) mass is 449 g/mol. The van der Waals surface area contributed by atoms with Crippen LogP contribution < -0.4 is 4.90 Å². The average molecular weight is 450 g/mol. The van der Waals surface area contributed by atoms with Crippen LogP contribution in [0.25, 0.3) is 33.0 Å². The third-order valence-corrected chi connectivity index (χ3v) is 7.26. The number of anilines is 1. The van der Waals surface area contributed by atoms with Crippen molar-refractivity contribution in [1.29, 1.82) is 5.26 Å². The van der Waals surface area contributed by atoms with Gasteiger partial charge >= 0.3 is 0 Å². The number of hydrogen-bond donors (Lipinski definition) is 0. The first-order chi connectivity index (χ1) is 16.5. The van der Waals surface area contributed by atoms with Gasteiger partial charge in [-0.2, -0.15) is 5.26 Å². The number of nitriles is 1. The van der Waals surface area contributed by atoms with Gasteiger partial charge in [0.1, 0.15) is 17.5 Å². The fourth-order valence-electron chi connectivity index (χ4n) is 5.60. The molecule has 1 amide bonds. The number of hydrogen-bond acceptors (Lipinski definition) is 6. The number of para-hydroxylation sites is 1. The van der Waals surface area contributed by atoms with Gasteiger partial charge in [0.2, 0.25) is 5.91 Å². The van der Waals surface area contributed by atoms with Crippen molar-refractivity contribution in [3.63, 3.8) is 0 Å². The lowest BCUT2D eigenvalue weighted by Gasteiger charge is -2.47. The van der Waals surface area contributed by atoms with E-state index >= 15 is 0 Å². The molecular weight excluding hydrogens is 426 g/mol. The zero-order valence-corrected chi connectivity index (χ0v) is 18.9. The van der Waals surface area contributed by atoms with Gasteiger partial charge in [0.15, 0.2) is 5.58 Å². The summed E-state index contributed by atoms with van der Waals surface area (Å²) in [6.07, 6.45) is 4.05. The summed E-state index contributed by atoms with van der Waals surface area (Å²) in [7, 11) is 0. The minimum atomic E-state index is -0.0230. The van der Waals surface area contributed by atoms with Crippen molar-refractivity contribution >= 4 is 33.6 Å². The summed E-state index contributed by atoms with van der Waals surface area (Å²) in [5.74, 6) is 0.680. The van der Waals surface area contributed by atoms with Crippen molar-refractivity contribution in [1.82, 2.24) is 15.0 Å². The van der Waals surface area contributed by atoms with Gasteiger partial charge in [0, 0.05) is 47.9 Å². The van der Waals surface area contributed by atoms with Crippen LogP contribution in [0.3, 0.4) is 0 Å². The van der Waals surface area contributed by atoms with Crippen LogP contribution in [-0.4, -0.2) is 47.1 Å². The Hall–Kier alpha value is -4.18. The Morgan fingerprint density at radius 2 is 2.00 bits per heavy atom. The molecule has 168 valence electrons. The average Bonchev–Trinajstić information content (AvgIpc) is 3.49. The van der Waals surface area contributed by atoms with E-state index in [-0.39, 0.29) is 11.3 Å². The van der Waals surface area contributed by atoms with Crippen molar-refractivity contribution in [2.24, 2.45) is 5.41 Å². The van der Waals surface area contributed by atoms with Crippen molar-refractivity contribution < 1.29 is 9.32 Å². The van der Waals surface area contributed by atoms with Crippen LogP contribution in [0.2, 0.25) is 0 Å². The van der Waals surface area contributed by atoms with Gasteiger partial charge in [-0.1, -0.05) is 36.0 Å². The van der Waals surface area contributed by atoms with E-state index in [1.807, 2.05) is 48.2 Å². The summed E-state index contributed by atoms with van der Waals surface area (Å²) in [4.78, 5) is 21.0. The molecule has 2 fully saturated rings. The Bertz CT molecular complexity index is 1520. The van der Waals surface area contributed by atoms with E-state index in [9.17, 15) is 10.1 Å². The second-order valence-corrected chi connectivity index (χ2v) is 9.38. The highest BCUT2D eigenvalue weighted by Crippen LogP contribution is 2.45. The number of fused-ring (bicyclic) bond motifs is 2. The SMILES string of the molecule is C=CC(=O)N1CC2(CCN(c3nc4ccccc4c(-c4c(C)ccc5oncc45)c3C#N)C2)C1. The van der Waals surface area contributed by atoms with Crippen molar-refractivity contribution in [3.05, 3.63) is 66.4 Å². The van der Waals surface area contributed by atoms with E-state index in [4.69, 9.17) is 9.51 Å². The van der Waals surface area contributed by atoms with E-state index < -0.39 is 0 Å². The molecule has 0 saturated carbocycles. The molecule has 0 bridgehead atoms. The molecule has 6 rings (SSSR count). The number of aromatic nitrogens is 2. The highest BCUT2D eigenvalue weighted by molar-refractivity contribution is 6.07. The first-order valence-electron chi connectivity index (χ1n) is 11.4. The molecule has 4 aromatic rings. The van der Waals surface area contributed by atoms with Crippen molar-refractivity contribution in [2.75, 3.05) is 31.1 Å². The smallest absolute Gasteiger partial charge is 0.245 e. The Labute approximate surface area is 196 Å². The Morgan fingerprint density at radius 3 is 2.79 bits per heavy atom. The van der Waals surface area contributed by atoms with Crippen LogP contribution in [0.5, 0.6) is 0 Å². The summed E-state index contributed by atoms with van der Waals surface area (Å²) in [5.41, 5.74) is 5.01. The number of aryl methyl sites for hydroxylation is 1. The maximum Gasteiger partial charge on any atom is 0.245 e. The lowest BCUT2D eigenvalue weighted by atomic mass is 9.79. The molecule has 0 radical (unpaired) electrons. The van der Waals surface area contributed by atoms with E-state index in [0.717, 1.165) is 65.6 Å². The normalized spacial score (nSPS) is 16.7. The van der Waals surface area contributed by atoms with E-state index in [0.29, 0.717) is 17.0 Å². The molecule has 0 unspecified atom stereocenters. The third-order valence-electron chi connectivity index (χ3n) is 7.26. The fourth-order valence-corrected chi connectivity index (χ4v) is 5.60. The quantitative estimate of drug-likeness (QED) is 0.430. The van der Waals surface area contributed by atoms with Gasteiger partial charge in [0.05, 0.1) is 11.7 Å². The van der Waals surface area contributed by atoms with Gasteiger partial charge in [-0.05, 0) is 42.7 Å². The third kappa shape index (κ3) is 2.92. The molecule has 34 heavy (non-hydrogen) atoms. The first kappa shape index (κ1) is 20.4. The predicted molar refractivity (Wildman–Crippen MR) is 130 cm³/mol. The first-order valence-corrected chi connectivity index (χ1v) is 11.4. The molecule has 2 aliphatic heterocycles. The van der Waals surface area contributed by atoms with Crippen molar-refractivity contribution in [3.8, 4) is 17.2 Å². The lowest BCUT2D eigenvalue weighted by molar-refractivity contribution is -0.136. The van der Waals surface area contributed by atoms with Crippen LogP contribution in [0.4, 0.5) is 5.82 Å².